The van der Waals surface area contributed by atoms with Gasteiger partial charge >= 0.3 is 17.9 Å². The van der Waals surface area contributed by atoms with Gasteiger partial charge in [0.2, 0.25) is 0 Å². The molecule has 0 aliphatic carbocycles. The highest BCUT2D eigenvalue weighted by Crippen LogP contribution is 2.17. The zero-order chi connectivity index (χ0) is 57.1. The molecule has 6 nitrogen and oxygen atoms in total. The van der Waals surface area contributed by atoms with E-state index in [1.54, 1.807) is 0 Å². The second-order valence-corrected chi connectivity index (χ2v) is 22.0. The van der Waals surface area contributed by atoms with Crippen LogP contribution in [-0.4, -0.2) is 37.2 Å². The van der Waals surface area contributed by atoms with Crippen LogP contribution in [0.3, 0.4) is 0 Å². The molecule has 79 heavy (non-hydrogen) atoms. The molecule has 0 heterocycles. The van der Waals surface area contributed by atoms with Crippen molar-refractivity contribution in [3.05, 3.63) is 109 Å². The quantitative estimate of drug-likeness (QED) is 0.0261. The van der Waals surface area contributed by atoms with Crippen molar-refractivity contribution in [3.8, 4) is 0 Å². The number of ether oxygens (including phenoxy) is 3. The van der Waals surface area contributed by atoms with Crippen molar-refractivity contribution in [1.29, 1.82) is 0 Å². The molecule has 0 spiro atoms. The van der Waals surface area contributed by atoms with Crippen LogP contribution in [0.25, 0.3) is 0 Å². The molecule has 0 rings (SSSR count). The van der Waals surface area contributed by atoms with E-state index in [0.717, 1.165) is 109 Å². The Morgan fingerprint density at radius 1 is 0.266 bits per heavy atom. The van der Waals surface area contributed by atoms with Gasteiger partial charge in [-0.1, -0.05) is 297 Å². The van der Waals surface area contributed by atoms with Crippen molar-refractivity contribution >= 4 is 17.9 Å². The zero-order valence-electron chi connectivity index (χ0n) is 51.9. The summed E-state index contributed by atoms with van der Waals surface area (Å²) in [5.41, 5.74) is 0. The Hall–Kier alpha value is -3.93. The maximum absolute atomic E-state index is 12.9. The van der Waals surface area contributed by atoms with E-state index < -0.39 is 6.10 Å². The van der Waals surface area contributed by atoms with Crippen LogP contribution >= 0.6 is 0 Å². The fourth-order valence-electron chi connectivity index (χ4n) is 9.33. The van der Waals surface area contributed by atoms with Crippen LogP contribution in [0.5, 0.6) is 0 Å². The van der Waals surface area contributed by atoms with Crippen molar-refractivity contribution in [2.75, 3.05) is 13.2 Å². The molecule has 0 aromatic rings. The van der Waals surface area contributed by atoms with Crippen LogP contribution in [0.15, 0.2) is 109 Å². The number of hydrogen-bond donors (Lipinski definition) is 0. The van der Waals surface area contributed by atoms with Gasteiger partial charge in [-0.3, -0.25) is 14.4 Å². The summed E-state index contributed by atoms with van der Waals surface area (Å²) in [4.78, 5) is 38.2. The zero-order valence-corrected chi connectivity index (χ0v) is 51.9. The van der Waals surface area contributed by atoms with Crippen molar-refractivity contribution in [3.63, 3.8) is 0 Å². The highest BCUT2D eigenvalue weighted by atomic mass is 16.6. The SMILES string of the molecule is CC/C=C\C/C=C\C/C=C\C/C=C\CCC(=O)OCC(COC(=O)CCCCCCCCCCCCCCCCCCCCCCC/C=C\C/C=C\CCCCCCC)OC(=O)CCCCCCC/C=C\C/C=C\C/C=C\CC. The van der Waals surface area contributed by atoms with E-state index in [1.807, 2.05) is 6.08 Å². The molecular formula is C73H124O6. The van der Waals surface area contributed by atoms with Crippen LogP contribution in [0.2, 0.25) is 0 Å². The van der Waals surface area contributed by atoms with E-state index in [9.17, 15) is 14.4 Å². The van der Waals surface area contributed by atoms with Crippen molar-refractivity contribution < 1.29 is 28.6 Å². The summed E-state index contributed by atoms with van der Waals surface area (Å²) in [6.07, 6.45) is 91.5. The van der Waals surface area contributed by atoms with Gasteiger partial charge in [0, 0.05) is 19.3 Å². The number of carbonyl (C=O) groups is 3. The number of carbonyl (C=O) groups excluding carboxylic acids is 3. The van der Waals surface area contributed by atoms with E-state index in [1.165, 1.54) is 161 Å². The Labute approximate surface area is 489 Å². The van der Waals surface area contributed by atoms with Crippen LogP contribution in [0.1, 0.15) is 316 Å². The lowest BCUT2D eigenvalue weighted by Gasteiger charge is -2.18. The summed E-state index contributed by atoms with van der Waals surface area (Å²) in [5, 5.41) is 0. The van der Waals surface area contributed by atoms with Gasteiger partial charge in [-0.15, -0.1) is 0 Å². The standard InChI is InChI=1S/C73H124O6/c1-4-7-10-13-16-19-22-25-27-28-29-30-31-32-33-34-35-36-37-38-39-40-41-42-43-44-46-48-51-54-57-60-63-66-72(75)78-69-70(68-77-71(74)65-62-59-56-53-50-47-24-21-18-15-12-9-6-3)79-73(76)67-64-61-58-55-52-49-45-26-23-20-17-14-11-8-5-2/h8-9,11-12,17-18,20-22,25-26,28-29,45,47,50,56,59,70H,4-7,10,13-16,19,23-24,27,30-44,46,48-49,51-55,57-58,60-69H2,1-3H3/b11-8-,12-9-,20-17-,21-18-,25-22-,29-28-,45-26-,50-47-,59-56-. The van der Waals surface area contributed by atoms with E-state index in [-0.39, 0.29) is 37.5 Å². The number of hydrogen-bond acceptors (Lipinski definition) is 6. The van der Waals surface area contributed by atoms with Crippen molar-refractivity contribution in [2.24, 2.45) is 0 Å². The molecule has 452 valence electrons. The number of rotatable bonds is 60. The Balaban J connectivity index is 4.17. The fraction of sp³-hybridized carbons (Fsp3) is 0.712. The minimum absolute atomic E-state index is 0.106. The average molecular weight is 1100 g/mol. The molecule has 0 aliphatic rings. The van der Waals surface area contributed by atoms with Gasteiger partial charge < -0.3 is 14.2 Å². The molecular weight excluding hydrogens is 973 g/mol. The third-order valence-corrected chi connectivity index (χ3v) is 14.3. The molecule has 0 bridgehead atoms. The molecule has 0 aliphatic heterocycles. The number of esters is 3. The molecule has 0 aromatic carbocycles. The smallest absolute Gasteiger partial charge is 0.306 e. The molecule has 0 radical (unpaired) electrons. The van der Waals surface area contributed by atoms with Gasteiger partial charge in [0.1, 0.15) is 13.2 Å². The van der Waals surface area contributed by atoms with E-state index >= 15 is 0 Å². The van der Waals surface area contributed by atoms with E-state index in [0.29, 0.717) is 19.3 Å². The van der Waals surface area contributed by atoms with Gasteiger partial charge in [-0.25, -0.2) is 0 Å². The second kappa shape index (κ2) is 66.6. The Morgan fingerprint density at radius 3 is 0.848 bits per heavy atom. The Kier molecular flexibility index (Phi) is 63.3. The molecule has 0 saturated heterocycles. The Morgan fingerprint density at radius 2 is 0.519 bits per heavy atom. The highest BCUT2D eigenvalue weighted by molar-refractivity contribution is 5.71. The van der Waals surface area contributed by atoms with Gasteiger partial charge in [-0.05, 0) is 109 Å². The topological polar surface area (TPSA) is 78.9 Å². The minimum atomic E-state index is -0.817. The maximum atomic E-state index is 12.9. The van der Waals surface area contributed by atoms with Gasteiger partial charge in [0.15, 0.2) is 6.10 Å². The average Bonchev–Trinajstić information content (AvgIpc) is 3.45. The number of unbranched alkanes of at least 4 members (excludes halogenated alkanes) is 31. The first-order chi connectivity index (χ1) is 39.0. The van der Waals surface area contributed by atoms with Crippen LogP contribution in [0, 0.1) is 0 Å². The summed E-state index contributed by atoms with van der Waals surface area (Å²) in [6.45, 7) is 6.34. The lowest BCUT2D eigenvalue weighted by atomic mass is 10.0. The predicted molar refractivity (Wildman–Crippen MR) is 343 cm³/mol. The van der Waals surface area contributed by atoms with Gasteiger partial charge in [0.05, 0.1) is 0 Å². The predicted octanol–water partition coefficient (Wildman–Crippen LogP) is 23.0. The van der Waals surface area contributed by atoms with E-state index in [2.05, 4.69) is 124 Å². The number of allylic oxidation sites excluding steroid dienone is 18. The molecule has 0 fully saturated rings. The highest BCUT2D eigenvalue weighted by Gasteiger charge is 2.19. The Bertz CT molecular complexity index is 1590. The summed E-state index contributed by atoms with van der Waals surface area (Å²) >= 11 is 0. The first-order valence-corrected chi connectivity index (χ1v) is 33.4. The minimum Gasteiger partial charge on any atom is -0.462 e. The van der Waals surface area contributed by atoms with Crippen LogP contribution in [0.4, 0.5) is 0 Å². The summed E-state index contributed by atoms with van der Waals surface area (Å²) in [5.74, 6) is -1.00. The lowest BCUT2D eigenvalue weighted by molar-refractivity contribution is -0.166. The monoisotopic (exact) mass is 1100 g/mol. The third-order valence-electron chi connectivity index (χ3n) is 14.3. The maximum Gasteiger partial charge on any atom is 0.306 e. The largest absolute Gasteiger partial charge is 0.462 e. The molecule has 0 amide bonds. The summed E-state index contributed by atoms with van der Waals surface area (Å²) < 4.78 is 16.8. The molecule has 0 N–H and O–H groups in total. The molecule has 1 atom stereocenters. The summed E-state index contributed by atoms with van der Waals surface area (Å²) in [6, 6.07) is 0. The summed E-state index contributed by atoms with van der Waals surface area (Å²) in [7, 11) is 0. The van der Waals surface area contributed by atoms with Gasteiger partial charge in [-0.2, -0.15) is 0 Å². The fourth-order valence-corrected chi connectivity index (χ4v) is 9.33. The van der Waals surface area contributed by atoms with E-state index in [4.69, 9.17) is 14.2 Å². The second-order valence-electron chi connectivity index (χ2n) is 22.0. The first-order valence-electron chi connectivity index (χ1n) is 33.4. The molecule has 1 unspecified atom stereocenters. The van der Waals surface area contributed by atoms with Crippen molar-refractivity contribution in [2.45, 2.75) is 322 Å². The normalized spacial score (nSPS) is 12.8. The first kappa shape index (κ1) is 75.1. The molecule has 6 heteroatoms. The lowest BCUT2D eigenvalue weighted by Crippen LogP contribution is -2.30. The van der Waals surface area contributed by atoms with Crippen LogP contribution in [-0.2, 0) is 28.6 Å². The van der Waals surface area contributed by atoms with Crippen molar-refractivity contribution in [1.82, 2.24) is 0 Å². The van der Waals surface area contributed by atoms with Gasteiger partial charge in [0.25, 0.3) is 0 Å². The molecule has 0 aromatic heterocycles. The van der Waals surface area contributed by atoms with Crippen LogP contribution < -0.4 is 0 Å². The molecule has 0 saturated carbocycles. The third kappa shape index (κ3) is 64.8.